The van der Waals surface area contributed by atoms with E-state index in [1.54, 1.807) is 0 Å². The van der Waals surface area contributed by atoms with Gasteiger partial charge in [-0.3, -0.25) is 4.79 Å². The number of fused-ring (bicyclic) bond motifs is 1. The van der Waals surface area contributed by atoms with Crippen LogP contribution in [0.1, 0.15) is 12.5 Å². The molecule has 3 rings (SSSR count). The van der Waals surface area contributed by atoms with Crippen LogP contribution in [0.5, 0.6) is 0 Å². The number of hydrogen-bond acceptors (Lipinski definition) is 2. The second-order valence-corrected chi connectivity index (χ2v) is 4.97. The zero-order valence-electron chi connectivity index (χ0n) is 11.8. The Morgan fingerprint density at radius 1 is 1.10 bits per heavy atom. The maximum Gasteiger partial charge on any atom is 0.221 e. The molecule has 1 aromatic heterocycles. The smallest absolute Gasteiger partial charge is 0.221 e. The van der Waals surface area contributed by atoms with Crippen LogP contribution in [0.4, 0.5) is 11.4 Å². The van der Waals surface area contributed by atoms with Crippen LogP contribution >= 0.6 is 0 Å². The summed E-state index contributed by atoms with van der Waals surface area (Å²) in [6.07, 6.45) is 1.95. The number of hydrogen-bond donors (Lipinski definition) is 3. The average Bonchev–Trinajstić information content (AvgIpc) is 2.93. The third-order valence-corrected chi connectivity index (χ3v) is 3.35. The zero-order valence-corrected chi connectivity index (χ0v) is 11.8. The number of H-pyrrole nitrogens is 1. The molecule has 0 unspecified atom stereocenters. The van der Waals surface area contributed by atoms with E-state index in [1.165, 1.54) is 17.9 Å². The molecule has 0 fully saturated rings. The molecule has 0 aliphatic rings. The number of amides is 1. The van der Waals surface area contributed by atoms with Gasteiger partial charge >= 0.3 is 0 Å². The number of rotatable bonds is 4. The topological polar surface area (TPSA) is 56.9 Å². The molecule has 106 valence electrons. The minimum absolute atomic E-state index is 0.0655. The van der Waals surface area contributed by atoms with Crippen molar-refractivity contribution in [2.24, 2.45) is 0 Å². The summed E-state index contributed by atoms with van der Waals surface area (Å²) in [6, 6.07) is 16.0. The van der Waals surface area contributed by atoms with Crippen LogP contribution in [-0.2, 0) is 11.3 Å². The average molecular weight is 279 g/mol. The predicted octanol–water partition coefficient (Wildman–Crippen LogP) is 3.74. The van der Waals surface area contributed by atoms with E-state index in [1.807, 2.05) is 36.5 Å². The summed E-state index contributed by atoms with van der Waals surface area (Å²) in [7, 11) is 0. The molecule has 0 atom stereocenters. The van der Waals surface area contributed by atoms with E-state index in [2.05, 4.69) is 33.8 Å². The van der Waals surface area contributed by atoms with Crippen molar-refractivity contribution in [1.29, 1.82) is 0 Å². The SMILES string of the molecule is CC(=O)Nc1cccc(NCc2cccc3[nH]ccc23)c1. The van der Waals surface area contributed by atoms with Crippen LogP contribution in [0, 0.1) is 0 Å². The molecule has 2 aromatic carbocycles. The monoisotopic (exact) mass is 279 g/mol. The highest BCUT2D eigenvalue weighted by Gasteiger charge is 2.02. The van der Waals surface area contributed by atoms with E-state index in [0.29, 0.717) is 0 Å². The number of anilines is 2. The third kappa shape index (κ3) is 3.05. The minimum atomic E-state index is -0.0655. The molecule has 3 N–H and O–H groups in total. The summed E-state index contributed by atoms with van der Waals surface area (Å²) in [5.41, 5.74) is 4.15. The largest absolute Gasteiger partial charge is 0.381 e. The summed E-state index contributed by atoms with van der Waals surface area (Å²) < 4.78 is 0. The van der Waals surface area contributed by atoms with Gasteiger partial charge in [-0.05, 0) is 35.9 Å². The van der Waals surface area contributed by atoms with Crippen LogP contribution < -0.4 is 10.6 Å². The van der Waals surface area contributed by atoms with Crippen molar-refractivity contribution in [3.05, 3.63) is 60.3 Å². The highest BCUT2D eigenvalue weighted by molar-refractivity contribution is 5.89. The molecule has 0 radical (unpaired) electrons. The van der Waals surface area contributed by atoms with Crippen molar-refractivity contribution in [2.45, 2.75) is 13.5 Å². The Hall–Kier alpha value is -2.75. The summed E-state index contributed by atoms with van der Waals surface area (Å²) in [6.45, 7) is 2.24. The van der Waals surface area contributed by atoms with E-state index >= 15 is 0 Å². The number of carbonyl (C=O) groups is 1. The Balaban J connectivity index is 1.75. The van der Waals surface area contributed by atoms with Gasteiger partial charge in [0.25, 0.3) is 0 Å². The van der Waals surface area contributed by atoms with E-state index in [9.17, 15) is 4.79 Å². The van der Waals surface area contributed by atoms with Gasteiger partial charge in [0, 0.05) is 41.9 Å². The Morgan fingerprint density at radius 3 is 2.76 bits per heavy atom. The standard InChI is InChI=1S/C17H17N3O/c1-12(21)20-15-6-3-5-14(10-15)19-11-13-4-2-7-17-16(13)8-9-18-17/h2-10,18-19H,11H2,1H3,(H,20,21). The first-order chi connectivity index (χ1) is 10.2. The zero-order chi connectivity index (χ0) is 14.7. The molecule has 4 nitrogen and oxygen atoms in total. The van der Waals surface area contributed by atoms with Gasteiger partial charge in [-0.25, -0.2) is 0 Å². The Bertz CT molecular complexity index is 776. The molecule has 4 heteroatoms. The van der Waals surface area contributed by atoms with Crippen LogP contribution in [0.25, 0.3) is 10.9 Å². The third-order valence-electron chi connectivity index (χ3n) is 3.35. The van der Waals surface area contributed by atoms with Gasteiger partial charge in [0.05, 0.1) is 0 Å². The van der Waals surface area contributed by atoms with E-state index in [-0.39, 0.29) is 5.91 Å². The molecule has 3 aromatic rings. The van der Waals surface area contributed by atoms with Crippen LogP contribution in [0.15, 0.2) is 54.7 Å². The predicted molar refractivity (Wildman–Crippen MR) is 86.4 cm³/mol. The molecule has 0 saturated heterocycles. The van der Waals surface area contributed by atoms with Crippen LogP contribution in [0.2, 0.25) is 0 Å². The lowest BCUT2D eigenvalue weighted by Gasteiger charge is -2.09. The lowest BCUT2D eigenvalue weighted by molar-refractivity contribution is -0.114. The number of aromatic nitrogens is 1. The van der Waals surface area contributed by atoms with Crippen LogP contribution in [-0.4, -0.2) is 10.9 Å². The summed E-state index contributed by atoms with van der Waals surface area (Å²) >= 11 is 0. The molecule has 0 spiro atoms. The van der Waals surface area contributed by atoms with E-state index < -0.39 is 0 Å². The van der Waals surface area contributed by atoms with Gasteiger partial charge < -0.3 is 15.6 Å². The highest BCUT2D eigenvalue weighted by Crippen LogP contribution is 2.20. The van der Waals surface area contributed by atoms with Gasteiger partial charge in [0.1, 0.15) is 0 Å². The lowest BCUT2D eigenvalue weighted by Crippen LogP contribution is -2.06. The lowest BCUT2D eigenvalue weighted by atomic mass is 10.1. The molecule has 0 aliphatic carbocycles. The first kappa shape index (κ1) is 13.2. The first-order valence-corrected chi connectivity index (χ1v) is 6.89. The minimum Gasteiger partial charge on any atom is -0.381 e. The second kappa shape index (κ2) is 5.71. The molecule has 0 aliphatic heterocycles. The van der Waals surface area contributed by atoms with Gasteiger partial charge in [-0.1, -0.05) is 18.2 Å². The Labute approximate surface area is 123 Å². The fraction of sp³-hybridized carbons (Fsp3) is 0.118. The summed E-state index contributed by atoms with van der Waals surface area (Å²) in [4.78, 5) is 14.3. The van der Waals surface area contributed by atoms with Crippen molar-refractivity contribution in [1.82, 2.24) is 4.98 Å². The van der Waals surface area contributed by atoms with Crippen molar-refractivity contribution >= 4 is 28.2 Å². The maximum absolute atomic E-state index is 11.1. The fourth-order valence-corrected chi connectivity index (χ4v) is 2.41. The normalized spacial score (nSPS) is 10.5. The number of benzene rings is 2. The van der Waals surface area contributed by atoms with Crippen molar-refractivity contribution in [3.63, 3.8) is 0 Å². The van der Waals surface area contributed by atoms with Gasteiger partial charge in [0.15, 0.2) is 0 Å². The van der Waals surface area contributed by atoms with Crippen LogP contribution in [0.3, 0.4) is 0 Å². The Kier molecular flexibility index (Phi) is 3.60. The molecule has 1 heterocycles. The molecule has 1 amide bonds. The van der Waals surface area contributed by atoms with Crippen molar-refractivity contribution in [2.75, 3.05) is 10.6 Å². The molecule has 0 saturated carbocycles. The first-order valence-electron chi connectivity index (χ1n) is 6.89. The fourth-order valence-electron chi connectivity index (χ4n) is 2.41. The Morgan fingerprint density at radius 2 is 1.90 bits per heavy atom. The van der Waals surface area contributed by atoms with E-state index in [0.717, 1.165) is 23.4 Å². The number of aromatic amines is 1. The van der Waals surface area contributed by atoms with Crippen molar-refractivity contribution in [3.8, 4) is 0 Å². The van der Waals surface area contributed by atoms with Gasteiger partial charge in [-0.2, -0.15) is 0 Å². The number of carbonyl (C=O) groups excluding carboxylic acids is 1. The van der Waals surface area contributed by atoms with Gasteiger partial charge in [0.2, 0.25) is 5.91 Å². The number of nitrogens with one attached hydrogen (secondary N) is 3. The molecule has 0 bridgehead atoms. The quantitative estimate of drug-likeness (QED) is 0.681. The van der Waals surface area contributed by atoms with Gasteiger partial charge in [-0.15, -0.1) is 0 Å². The van der Waals surface area contributed by atoms with Crippen molar-refractivity contribution < 1.29 is 4.79 Å². The summed E-state index contributed by atoms with van der Waals surface area (Å²) in [5.74, 6) is -0.0655. The summed E-state index contributed by atoms with van der Waals surface area (Å²) in [5, 5.41) is 7.40. The van der Waals surface area contributed by atoms with E-state index in [4.69, 9.17) is 0 Å². The highest BCUT2D eigenvalue weighted by atomic mass is 16.1. The molecular weight excluding hydrogens is 262 g/mol. The second-order valence-electron chi connectivity index (χ2n) is 4.97. The maximum atomic E-state index is 11.1. The molecule has 21 heavy (non-hydrogen) atoms. The molecular formula is C17H17N3O.